The maximum absolute atomic E-state index is 11.9. The number of nitrogens with zero attached hydrogens (tertiary/aromatic N) is 2. The lowest BCUT2D eigenvalue weighted by atomic mass is 10.1. The molecule has 0 aromatic carbocycles. The minimum atomic E-state index is -3.26. The Morgan fingerprint density at radius 3 is 2.06 bits per heavy atom. The highest BCUT2D eigenvalue weighted by molar-refractivity contribution is 7.87. The molecule has 0 aromatic heterocycles. The normalized spacial score (nSPS) is 20.7. The van der Waals surface area contributed by atoms with Crippen molar-refractivity contribution in [2.75, 3.05) is 32.7 Å². The lowest BCUT2D eigenvalue weighted by Gasteiger charge is -2.41. The van der Waals surface area contributed by atoms with E-state index in [2.05, 4.69) is 30.4 Å². The first-order valence-electron chi connectivity index (χ1n) is 6.27. The van der Waals surface area contributed by atoms with Gasteiger partial charge in [-0.15, -0.1) is 0 Å². The fourth-order valence-corrected chi connectivity index (χ4v) is 3.21. The highest BCUT2D eigenvalue weighted by Crippen LogP contribution is 2.16. The Bertz CT molecular complexity index is 327. The summed E-state index contributed by atoms with van der Waals surface area (Å²) in [5.41, 5.74) is 0.118. The maximum atomic E-state index is 11.9. The van der Waals surface area contributed by atoms with Crippen molar-refractivity contribution >= 4 is 10.2 Å². The summed E-state index contributed by atoms with van der Waals surface area (Å²) in [4.78, 5) is 2.32. The average molecular weight is 263 g/mol. The van der Waals surface area contributed by atoms with E-state index in [0.717, 1.165) is 19.5 Å². The molecule has 0 aromatic rings. The van der Waals surface area contributed by atoms with Crippen molar-refractivity contribution in [1.82, 2.24) is 13.9 Å². The topological polar surface area (TPSA) is 52.7 Å². The molecular formula is C11H25N3O2S. The lowest BCUT2D eigenvalue weighted by Crippen LogP contribution is -2.56. The van der Waals surface area contributed by atoms with Gasteiger partial charge in [0.2, 0.25) is 0 Å². The van der Waals surface area contributed by atoms with Crippen molar-refractivity contribution in [1.29, 1.82) is 0 Å². The molecule has 0 unspecified atom stereocenters. The first kappa shape index (κ1) is 14.9. The third-order valence-electron chi connectivity index (χ3n) is 3.06. The first-order chi connectivity index (χ1) is 7.77. The number of hydrogen-bond acceptors (Lipinski definition) is 3. The molecule has 1 rings (SSSR count). The van der Waals surface area contributed by atoms with Crippen LogP contribution in [0.5, 0.6) is 0 Å². The molecule has 102 valence electrons. The molecule has 0 spiro atoms. The summed E-state index contributed by atoms with van der Waals surface area (Å²) in [5.74, 6) is 0. The van der Waals surface area contributed by atoms with Gasteiger partial charge in [-0.3, -0.25) is 4.90 Å². The van der Waals surface area contributed by atoms with Gasteiger partial charge in [-0.05, 0) is 27.2 Å². The van der Waals surface area contributed by atoms with E-state index < -0.39 is 10.2 Å². The van der Waals surface area contributed by atoms with E-state index in [9.17, 15) is 8.42 Å². The van der Waals surface area contributed by atoms with Gasteiger partial charge in [0.15, 0.2) is 0 Å². The zero-order chi connectivity index (χ0) is 13.1. The molecule has 1 aliphatic rings. The Morgan fingerprint density at radius 2 is 1.65 bits per heavy atom. The molecular weight excluding hydrogens is 238 g/mol. The van der Waals surface area contributed by atoms with E-state index in [4.69, 9.17) is 0 Å². The van der Waals surface area contributed by atoms with Crippen molar-refractivity contribution in [3.05, 3.63) is 0 Å². The van der Waals surface area contributed by atoms with Crippen molar-refractivity contribution in [2.45, 2.75) is 39.7 Å². The summed E-state index contributed by atoms with van der Waals surface area (Å²) >= 11 is 0. The fourth-order valence-electron chi connectivity index (χ4n) is 1.92. The molecule has 1 aliphatic heterocycles. The summed E-state index contributed by atoms with van der Waals surface area (Å²) < 4.78 is 28.0. The van der Waals surface area contributed by atoms with Crippen LogP contribution in [0.25, 0.3) is 0 Å². The first-order valence-corrected chi connectivity index (χ1v) is 7.71. The van der Waals surface area contributed by atoms with Gasteiger partial charge in [0, 0.05) is 38.3 Å². The standard InChI is InChI=1S/C11H25N3O2S/c1-5-6-12-17(15,16)14-9-7-13(8-10-14)11(2,3)4/h12H,5-10H2,1-4H3. The van der Waals surface area contributed by atoms with Crippen LogP contribution in [0.15, 0.2) is 0 Å². The lowest BCUT2D eigenvalue weighted by molar-refractivity contribution is 0.0917. The van der Waals surface area contributed by atoms with E-state index in [1.165, 1.54) is 0 Å². The monoisotopic (exact) mass is 263 g/mol. The number of nitrogens with one attached hydrogen (secondary N) is 1. The zero-order valence-corrected chi connectivity index (χ0v) is 12.2. The van der Waals surface area contributed by atoms with Crippen LogP contribution < -0.4 is 4.72 Å². The third kappa shape index (κ3) is 4.21. The van der Waals surface area contributed by atoms with Crippen LogP contribution in [0.2, 0.25) is 0 Å². The van der Waals surface area contributed by atoms with Gasteiger partial charge in [-0.2, -0.15) is 12.7 Å². The molecule has 0 saturated carbocycles. The van der Waals surface area contributed by atoms with E-state index in [1.807, 2.05) is 6.92 Å². The van der Waals surface area contributed by atoms with Crippen LogP contribution in [0, 0.1) is 0 Å². The van der Waals surface area contributed by atoms with Crippen LogP contribution in [-0.4, -0.2) is 55.9 Å². The molecule has 0 aliphatic carbocycles. The number of piperazine rings is 1. The van der Waals surface area contributed by atoms with Gasteiger partial charge >= 0.3 is 0 Å². The Hall–Kier alpha value is -0.170. The summed E-state index contributed by atoms with van der Waals surface area (Å²) in [5, 5.41) is 0. The van der Waals surface area contributed by atoms with Gasteiger partial charge < -0.3 is 0 Å². The van der Waals surface area contributed by atoms with Crippen molar-refractivity contribution in [3.63, 3.8) is 0 Å². The molecule has 0 bridgehead atoms. The summed E-state index contributed by atoms with van der Waals surface area (Å²) in [6.07, 6.45) is 0.821. The summed E-state index contributed by atoms with van der Waals surface area (Å²) in [6, 6.07) is 0. The third-order valence-corrected chi connectivity index (χ3v) is 4.68. The molecule has 5 nitrogen and oxygen atoms in total. The maximum Gasteiger partial charge on any atom is 0.279 e. The Kier molecular flexibility index (Phi) is 4.95. The second kappa shape index (κ2) is 5.65. The highest BCUT2D eigenvalue weighted by atomic mass is 32.2. The molecule has 0 atom stereocenters. The molecule has 1 heterocycles. The number of hydrogen-bond donors (Lipinski definition) is 1. The van der Waals surface area contributed by atoms with Gasteiger partial charge in [-0.25, -0.2) is 4.72 Å². The van der Waals surface area contributed by atoms with Crippen LogP contribution in [0.3, 0.4) is 0 Å². The Balaban J connectivity index is 2.52. The van der Waals surface area contributed by atoms with Gasteiger partial charge in [0.1, 0.15) is 0 Å². The molecule has 1 fully saturated rings. The molecule has 1 saturated heterocycles. The van der Waals surface area contributed by atoms with Crippen LogP contribution in [0.1, 0.15) is 34.1 Å². The Morgan fingerprint density at radius 1 is 1.12 bits per heavy atom. The fraction of sp³-hybridized carbons (Fsp3) is 1.00. The summed E-state index contributed by atoms with van der Waals surface area (Å²) in [7, 11) is -3.26. The van der Waals surface area contributed by atoms with Crippen molar-refractivity contribution in [3.8, 4) is 0 Å². The van der Waals surface area contributed by atoms with Gasteiger partial charge in [0.05, 0.1) is 0 Å². The second-order valence-corrected chi connectivity index (χ2v) is 7.21. The minimum Gasteiger partial charge on any atom is -0.296 e. The Labute approximate surface area is 105 Å². The van der Waals surface area contributed by atoms with E-state index in [-0.39, 0.29) is 5.54 Å². The average Bonchev–Trinajstić information content (AvgIpc) is 2.25. The van der Waals surface area contributed by atoms with E-state index in [1.54, 1.807) is 4.31 Å². The van der Waals surface area contributed by atoms with Gasteiger partial charge in [0.25, 0.3) is 10.2 Å². The van der Waals surface area contributed by atoms with Gasteiger partial charge in [-0.1, -0.05) is 6.92 Å². The van der Waals surface area contributed by atoms with Crippen LogP contribution in [0.4, 0.5) is 0 Å². The largest absolute Gasteiger partial charge is 0.296 e. The summed E-state index contributed by atoms with van der Waals surface area (Å²) in [6.45, 7) is 11.7. The predicted molar refractivity (Wildman–Crippen MR) is 70.1 cm³/mol. The predicted octanol–water partition coefficient (Wildman–Crippen LogP) is 0.647. The molecule has 17 heavy (non-hydrogen) atoms. The smallest absolute Gasteiger partial charge is 0.279 e. The van der Waals surface area contributed by atoms with E-state index in [0.29, 0.717) is 19.6 Å². The van der Waals surface area contributed by atoms with Crippen LogP contribution in [-0.2, 0) is 10.2 Å². The second-order valence-electron chi connectivity index (χ2n) is 5.46. The van der Waals surface area contributed by atoms with Crippen LogP contribution >= 0.6 is 0 Å². The quantitative estimate of drug-likeness (QED) is 0.810. The molecule has 0 amide bonds. The SMILES string of the molecule is CCCNS(=O)(=O)N1CCN(C(C)(C)C)CC1. The van der Waals surface area contributed by atoms with E-state index >= 15 is 0 Å². The molecule has 0 radical (unpaired) electrons. The molecule has 6 heteroatoms. The zero-order valence-electron chi connectivity index (χ0n) is 11.4. The number of rotatable bonds is 4. The van der Waals surface area contributed by atoms with Crippen molar-refractivity contribution in [2.24, 2.45) is 0 Å². The molecule has 1 N–H and O–H groups in total. The highest BCUT2D eigenvalue weighted by Gasteiger charge is 2.30. The van der Waals surface area contributed by atoms with Crippen molar-refractivity contribution < 1.29 is 8.42 Å². The minimum absolute atomic E-state index is 0.118.